The van der Waals surface area contributed by atoms with Crippen molar-refractivity contribution in [2.24, 2.45) is 17.1 Å². The van der Waals surface area contributed by atoms with Gasteiger partial charge in [-0.3, -0.25) is 4.79 Å². The van der Waals surface area contributed by atoms with Gasteiger partial charge in [0.1, 0.15) is 0 Å². The number of benzene rings is 1. The molecule has 1 heterocycles. The quantitative estimate of drug-likeness (QED) is 0.884. The number of hydrogen-bond donors (Lipinski definition) is 2. The van der Waals surface area contributed by atoms with Crippen LogP contribution in [-0.4, -0.2) is 35.5 Å². The molecule has 0 bridgehead atoms. The van der Waals surface area contributed by atoms with Gasteiger partial charge in [0.15, 0.2) is 6.10 Å². The maximum absolute atomic E-state index is 12.7. The van der Waals surface area contributed by atoms with Crippen LogP contribution in [0.5, 0.6) is 0 Å². The summed E-state index contributed by atoms with van der Waals surface area (Å²) in [6.45, 7) is 2.28. The number of aliphatic hydroxyl groups excluding tert-OH is 1. The Bertz CT molecular complexity index is 615. The molecule has 0 aromatic heterocycles. The fourth-order valence-corrected chi connectivity index (χ4v) is 5.09. The minimum Gasteiger partial charge on any atom is -0.378 e. The minimum absolute atomic E-state index is 0.142. The largest absolute Gasteiger partial charge is 0.378 e. The Balaban J connectivity index is 1.38. The van der Waals surface area contributed by atoms with E-state index in [1.165, 1.54) is 37.7 Å². The molecule has 25 heavy (non-hydrogen) atoms. The molecule has 4 nitrogen and oxygen atoms in total. The summed E-state index contributed by atoms with van der Waals surface area (Å²) in [5.74, 6) is 1.17. The van der Waals surface area contributed by atoms with Crippen LogP contribution in [0, 0.1) is 11.3 Å². The van der Waals surface area contributed by atoms with E-state index >= 15 is 0 Å². The van der Waals surface area contributed by atoms with Crippen LogP contribution in [0.3, 0.4) is 0 Å². The van der Waals surface area contributed by atoms with Crippen LogP contribution in [0.4, 0.5) is 0 Å². The van der Waals surface area contributed by atoms with E-state index in [2.05, 4.69) is 12.1 Å². The summed E-state index contributed by atoms with van der Waals surface area (Å²) in [5, 5.41) is 10.5. The van der Waals surface area contributed by atoms with E-state index in [0.29, 0.717) is 17.3 Å². The Morgan fingerprint density at radius 3 is 2.44 bits per heavy atom. The van der Waals surface area contributed by atoms with Crippen molar-refractivity contribution < 1.29 is 9.90 Å². The summed E-state index contributed by atoms with van der Waals surface area (Å²) in [4.78, 5) is 14.6. The van der Waals surface area contributed by atoms with Crippen LogP contribution in [0.2, 0.25) is 0 Å². The summed E-state index contributed by atoms with van der Waals surface area (Å²) in [6, 6.07) is 7.98. The zero-order valence-electron chi connectivity index (χ0n) is 15.0. The van der Waals surface area contributed by atoms with Gasteiger partial charge in [-0.15, -0.1) is 0 Å². The Morgan fingerprint density at radius 2 is 1.84 bits per heavy atom. The highest BCUT2D eigenvalue weighted by Crippen LogP contribution is 2.50. The summed E-state index contributed by atoms with van der Waals surface area (Å²) in [6.07, 6.45) is 7.33. The lowest BCUT2D eigenvalue weighted by atomic mass is 9.70. The lowest BCUT2D eigenvalue weighted by molar-refractivity contribution is -0.143. The first kappa shape index (κ1) is 17.0. The van der Waals surface area contributed by atoms with E-state index in [9.17, 15) is 9.90 Å². The molecule has 3 fully saturated rings. The standard InChI is InChI=1S/C21H30N2O2/c22-14-18-2-1-9-21(18)10-12-23(13-11-21)20(25)19(24)17-7-5-16(6-8-17)15-3-4-15/h5-8,15,18-19,24H,1-4,9-14,22H2. The number of likely N-dealkylation sites (tertiary alicyclic amines) is 1. The summed E-state index contributed by atoms with van der Waals surface area (Å²) in [5.41, 5.74) is 8.37. The molecule has 1 saturated heterocycles. The highest BCUT2D eigenvalue weighted by Gasteiger charge is 2.44. The number of amides is 1. The van der Waals surface area contributed by atoms with Crippen LogP contribution in [0.25, 0.3) is 0 Å². The van der Waals surface area contributed by atoms with Gasteiger partial charge < -0.3 is 15.7 Å². The van der Waals surface area contributed by atoms with Gasteiger partial charge in [-0.1, -0.05) is 30.7 Å². The molecule has 1 aliphatic heterocycles. The zero-order chi connectivity index (χ0) is 17.4. The van der Waals surface area contributed by atoms with Crippen molar-refractivity contribution in [1.29, 1.82) is 0 Å². The van der Waals surface area contributed by atoms with E-state index < -0.39 is 6.10 Å². The van der Waals surface area contributed by atoms with E-state index in [0.717, 1.165) is 38.0 Å². The molecule has 3 N–H and O–H groups in total. The number of nitrogens with two attached hydrogens (primary N) is 1. The van der Waals surface area contributed by atoms with Crippen LogP contribution in [0.15, 0.2) is 24.3 Å². The van der Waals surface area contributed by atoms with E-state index in [-0.39, 0.29) is 5.91 Å². The maximum atomic E-state index is 12.7. The van der Waals surface area contributed by atoms with E-state index in [1.807, 2.05) is 17.0 Å². The summed E-state index contributed by atoms with van der Waals surface area (Å²) < 4.78 is 0. The Morgan fingerprint density at radius 1 is 1.16 bits per heavy atom. The van der Waals surface area contributed by atoms with Gasteiger partial charge in [0.25, 0.3) is 5.91 Å². The van der Waals surface area contributed by atoms with Crippen molar-refractivity contribution in [2.45, 2.75) is 57.0 Å². The van der Waals surface area contributed by atoms with Gasteiger partial charge >= 0.3 is 0 Å². The molecule has 136 valence electrons. The normalized spacial score (nSPS) is 26.8. The molecule has 1 aromatic rings. The van der Waals surface area contributed by atoms with Gasteiger partial charge in [0.2, 0.25) is 0 Å². The zero-order valence-corrected chi connectivity index (χ0v) is 15.0. The first-order valence-corrected chi connectivity index (χ1v) is 9.90. The molecular formula is C21H30N2O2. The van der Waals surface area contributed by atoms with Crippen LogP contribution in [-0.2, 0) is 4.79 Å². The van der Waals surface area contributed by atoms with Crippen LogP contribution < -0.4 is 5.73 Å². The second kappa shape index (κ2) is 6.73. The first-order chi connectivity index (χ1) is 12.1. The van der Waals surface area contributed by atoms with Crippen molar-refractivity contribution in [3.8, 4) is 0 Å². The third kappa shape index (κ3) is 3.22. The lowest BCUT2D eigenvalue weighted by Crippen LogP contribution is -2.47. The Kier molecular flexibility index (Phi) is 4.59. The molecule has 3 aliphatic rings. The number of carbonyl (C=O) groups is 1. The second-order valence-electron chi connectivity index (χ2n) is 8.36. The van der Waals surface area contributed by atoms with Crippen LogP contribution in [0.1, 0.15) is 68.1 Å². The lowest BCUT2D eigenvalue weighted by Gasteiger charge is -2.43. The topological polar surface area (TPSA) is 66.6 Å². The number of nitrogens with zero attached hydrogens (tertiary/aromatic N) is 1. The third-order valence-electron chi connectivity index (χ3n) is 6.98. The van der Waals surface area contributed by atoms with Gasteiger partial charge in [-0.25, -0.2) is 0 Å². The molecule has 2 atom stereocenters. The number of hydrogen-bond acceptors (Lipinski definition) is 3. The van der Waals surface area contributed by atoms with Crippen molar-refractivity contribution >= 4 is 5.91 Å². The van der Waals surface area contributed by atoms with Gasteiger partial charge in [0, 0.05) is 13.1 Å². The second-order valence-corrected chi connectivity index (χ2v) is 8.36. The fraction of sp³-hybridized carbons (Fsp3) is 0.667. The van der Waals surface area contributed by atoms with Crippen molar-refractivity contribution in [3.05, 3.63) is 35.4 Å². The monoisotopic (exact) mass is 342 g/mol. The molecule has 1 spiro atoms. The molecule has 1 amide bonds. The number of piperidine rings is 1. The van der Waals surface area contributed by atoms with Gasteiger partial charge in [-0.05, 0) is 73.4 Å². The maximum Gasteiger partial charge on any atom is 0.256 e. The van der Waals surface area contributed by atoms with Crippen molar-refractivity contribution in [2.75, 3.05) is 19.6 Å². The molecule has 2 unspecified atom stereocenters. The SMILES string of the molecule is NCC1CCCC12CCN(C(=O)C(O)c1ccc(C3CC3)cc1)CC2. The van der Waals surface area contributed by atoms with E-state index in [4.69, 9.17) is 5.73 Å². The van der Waals surface area contributed by atoms with Crippen molar-refractivity contribution in [1.82, 2.24) is 4.90 Å². The van der Waals surface area contributed by atoms with Crippen LogP contribution >= 0.6 is 0 Å². The predicted molar refractivity (Wildman–Crippen MR) is 98.0 cm³/mol. The van der Waals surface area contributed by atoms with E-state index in [1.54, 1.807) is 0 Å². The minimum atomic E-state index is -1.03. The molecule has 1 aromatic carbocycles. The molecule has 2 aliphatic carbocycles. The number of rotatable bonds is 4. The average molecular weight is 342 g/mol. The molecule has 4 heteroatoms. The first-order valence-electron chi connectivity index (χ1n) is 9.90. The highest BCUT2D eigenvalue weighted by atomic mass is 16.3. The summed E-state index contributed by atoms with van der Waals surface area (Å²) >= 11 is 0. The van der Waals surface area contributed by atoms with Gasteiger partial charge in [-0.2, -0.15) is 0 Å². The fourth-order valence-electron chi connectivity index (χ4n) is 5.09. The molecule has 2 saturated carbocycles. The molecule has 0 radical (unpaired) electrons. The highest BCUT2D eigenvalue weighted by molar-refractivity contribution is 5.82. The summed E-state index contributed by atoms with van der Waals surface area (Å²) in [7, 11) is 0. The molecule has 4 rings (SSSR count). The Hall–Kier alpha value is -1.39. The third-order valence-corrected chi connectivity index (χ3v) is 6.98. The number of aliphatic hydroxyl groups is 1. The number of carbonyl (C=O) groups excluding carboxylic acids is 1. The average Bonchev–Trinajstić information content (AvgIpc) is 3.44. The smallest absolute Gasteiger partial charge is 0.256 e. The van der Waals surface area contributed by atoms with Gasteiger partial charge in [0.05, 0.1) is 0 Å². The Labute approximate surface area is 150 Å². The molecular weight excluding hydrogens is 312 g/mol. The van der Waals surface area contributed by atoms with Crippen molar-refractivity contribution in [3.63, 3.8) is 0 Å². The predicted octanol–water partition coefficient (Wildman–Crippen LogP) is 2.97.